The molecule has 1 amide bonds. The lowest BCUT2D eigenvalue weighted by Crippen LogP contribution is -2.38. The zero-order valence-corrected chi connectivity index (χ0v) is 20.8. The molecule has 0 radical (unpaired) electrons. The van der Waals surface area contributed by atoms with Crippen molar-refractivity contribution < 1.29 is 9.59 Å². The maximum absolute atomic E-state index is 13.5. The summed E-state index contributed by atoms with van der Waals surface area (Å²) in [6.07, 6.45) is 11.3. The number of allylic oxidation sites excluding steroid dienone is 1. The number of carbonyl (C=O) groups is 2. The van der Waals surface area contributed by atoms with Crippen molar-refractivity contribution in [3.8, 4) is 0 Å². The van der Waals surface area contributed by atoms with Crippen molar-refractivity contribution in [2.75, 3.05) is 4.90 Å². The number of aromatic nitrogens is 1. The highest BCUT2D eigenvalue weighted by molar-refractivity contribution is 6.07. The Bertz CT molecular complexity index is 982. The first-order valence-corrected chi connectivity index (χ1v) is 12.2. The van der Waals surface area contributed by atoms with E-state index in [1.807, 2.05) is 19.1 Å². The fraction of sp³-hybridized carbons (Fsp3) is 0.483. The number of aryl methyl sites for hydroxylation is 1. The molecule has 0 atom stereocenters. The van der Waals surface area contributed by atoms with Crippen molar-refractivity contribution >= 4 is 23.5 Å². The van der Waals surface area contributed by atoms with Crippen molar-refractivity contribution in [2.45, 2.75) is 73.3 Å². The number of fused-ring (bicyclic) bond motifs is 1. The van der Waals surface area contributed by atoms with Crippen LogP contribution in [0.15, 0.2) is 48.8 Å². The van der Waals surface area contributed by atoms with Crippen molar-refractivity contribution in [2.24, 2.45) is 17.3 Å². The van der Waals surface area contributed by atoms with Crippen LogP contribution in [0.3, 0.4) is 0 Å². The molecular formula is C29H38N2O2. The number of amides is 1. The van der Waals surface area contributed by atoms with Gasteiger partial charge in [-0.25, -0.2) is 0 Å². The zero-order valence-electron chi connectivity index (χ0n) is 20.8. The van der Waals surface area contributed by atoms with Crippen LogP contribution in [-0.4, -0.2) is 16.7 Å². The summed E-state index contributed by atoms with van der Waals surface area (Å²) < 4.78 is 0. The van der Waals surface area contributed by atoms with E-state index in [-0.39, 0.29) is 18.1 Å². The van der Waals surface area contributed by atoms with E-state index >= 15 is 0 Å². The summed E-state index contributed by atoms with van der Waals surface area (Å²) in [4.78, 5) is 32.8. The van der Waals surface area contributed by atoms with E-state index < -0.39 is 5.41 Å². The Morgan fingerprint density at radius 3 is 2.33 bits per heavy atom. The minimum atomic E-state index is -0.486. The van der Waals surface area contributed by atoms with Gasteiger partial charge in [-0.15, -0.1) is 0 Å². The third-order valence-electron chi connectivity index (χ3n) is 6.40. The fourth-order valence-electron chi connectivity index (χ4n) is 5.17. The Morgan fingerprint density at radius 1 is 1.03 bits per heavy atom. The summed E-state index contributed by atoms with van der Waals surface area (Å²) in [7, 11) is 0. The molecule has 0 N–H and O–H groups in total. The highest BCUT2D eigenvalue weighted by Crippen LogP contribution is 2.36. The maximum atomic E-state index is 13.5. The van der Waals surface area contributed by atoms with Crippen LogP contribution in [0.1, 0.15) is 77.0 Å². The largest absolute Gasteiger partial charge is 0.308 e. The normalized spacial score (nSPS) is 13.3. The van der Waals surface area contributed by atoms with Gasteiger partial charge >= 0.3 is 0 Å². The standard InChI is InChI=1S/C29H38N2O2/c1-21(2)18-29(5,19-22(3)4)27(32)17-28(33)31(26-12-14-30-15-13-26)20-23-10-11-24-8-6-7-9-25(24)16-23/h6,8,10-16,21-22H,7,9,17-20H2,1-5H3. The second-order valence-corrected chi connectivity index (χ2v) is 10.5. The number of anilines is 1. The van der Waals surface area contributed by atoms with Crippen LogP contribution >= 0.6 is 0 Å². The van der Waals surface area contributed by atoms with E-state index in [2.05, 4.69) is 63.0 Å². The van der Waals surface area contributed by atoms with E-state index in [4.69, 9.17) is 0 Å². The minimum Gasteiger partial charge on any atom is -0.308 e. The Hall–Kier alpha value is -2.75. The van der Waals surface area contributed by atoms with Crippen molar-refractivity contribution in [3.63, 3.8) is 0 Å². The quantitative estimate of drug-likeness (QED) is 0.385. The lowest BCUT2D eigenvalue weighted by molar-refractivity contribution is -0.134. The summed E-state index contributed by atoms with van der Waals surface area (Å²) >= 11 is 0. The Balaban J connectivity index is 1.84. The summed E-state index contributed by atoms with van der Waals surface area (Å²) in [5.41, 5.74) is 3.93. The van der Waals surface area contributed by atoms with Crippen LogP contribution < -0.4 is 4.90 Å². The molecule has 2 aromatic rings. The number of ketones is 1. The maximum Gasteiger partial charge on any atom is 0.234 e. The van der Waals surface area contributed by atoms with Gasteiger partial charge in [-0.3, -0.25) is 14.6 Å². The first-order chi connectivity index (χ1) is 15.7. The smallest absolute Gasteiger partial charge is 0.234 e. The molecule has 1 aromatic carbocycles. The molecule has 1 heterocycles. The van der Waals surface area contributed by atoms with Gasteiger partial charge in [-0.1, -0.05) is 65.0 Å². The van der Waals surface area contributed by atoms with Gasteiger partial charge in [0.25, 0.3) is 0 Å². The summed E-state index contributed by atoms with van der Waals surface area (Å²) in [6.45, 7) is 11.0. The molecular weight excluding hydrogens is 408 g/mol. The van der Waals surface area contributed by atoms with E-state index in [1.54, 1.807) is 17.3 Å². The number of rotatable bonds is 10. The number of benzene rings is 1. The fourth-order valence-corrected chi connectivity index (χ4v) is 5.17. The summed E-state index contributed by atoms with van der Waals surface area (Å²) in [5.74, 6) is 0.689. The molecule has 1 aliphatic carbocycles. The number of carbonyl (C=O) groups excluding carboxylic acids is 2. The molecule has 176 valence electrons. The predicted molar refractivity (Wildman–Crippen MR) is 136 cm³/mol. The molecule has 0 spiro atoms. The topological polar surface area (TPSA) is 50.3 Å². The number of pyridine rings is 1. The van der Waals surface area contributed by atoms with Gasteiger partial charge < -0.3 is 4.90 Å². The first-order valence-electron chi connectivity index (χ1n) is 12.2. The number of nitrogens with zero attached hydrogens (tertiary/aromatic N) is 2. The van der Waals surface area contributed by atoms with Crippen LogP contribution in [0.4, 0.5) is 5.69 Å². The lowest BCUT2D eigenvalue weighted by atomic mass is 9.72. The highest BCUT2D eigenvalue weighted by atomic mass is 16.2. The van der Waals surface area contributed by atoms with Gasteiger partial charge in [-0.2, -0.15) is 0 Å². The highest BCUT2D eigenvalue weighted by Gasteiger charge is 2.36. The summed E-state index contributed by atoms with van der Waals surface area (Å²) in [6, 6.07) is 10.1. The molecule has 3 rings (SSSR count). The third kappa shape index (κ3) is 6.63. The molecule has 0 saturated carbocycles. The van der Waals surface area contributed by atoms with Crippen molar-refractivity contribution in [1.29, 1.82) is 0 Å². The first kappa shape index (κ1) is 24.9. The number of Topliss-reactive ketones (excluding diaryl/α,β-unsaturated/α-hetero) is 1. The van der Waals surface area contributed by atoms with E-state index in [0.717, 1.165) is 36.9 Å². The summed E-state index contributed by atoms with van der Waals surface area (Å²) in [5, 5.41) is 0. The Kier molecular flexibility index (Phi) is 8.23. The molecule has 33 heavy (non-hydrogen) atoms. The molecule has 0 bridgehead atoms. The van der Waals surface area contributed by atoms with Gasteiger partial charge in [0.15, 0.2) is 0 Å². The van der Waals surface area contributed by atoms with Gasteiger partial charge in [0, 0.05) is 23.5 Å². The van der Waals surface area contributed by atoms with Crippen LogP contribution in [0, 0.1) is 17.3 Å². The predicted octanol–water partition coefficient (Wildman–Crippen LogP) is 6.63. The van der Waals surface area contributed by atoms with Crippen LogP contribution in [-0.2, 0) is 22.6 Å². The van der Waals surface area contributed by atoms with Gasteiger partial charge in [0.1, 0.15) is 5.78 Å². The van der Waals surface area contributed by atoms with Gasteiger partial charge in [0.05, 0.1) is 13.0 Å². The molecule has 4 heteroatoms. The van der Waals surface area contributed by atoms with Crippen molar-refractivity contribution in [3.05, 3.63) is 65.5 Å². The zero-order chi connectivity index (χ0) is 24.0. The monoisotopic (exact) mass is 446 g/mol. The van der Waals surface area contributed by atoms with Crippen LogP contribution in [0.2, 0.25) is 0 Å². The lowest BCUT2D eigenvalue weighted by Gasteiger charge is -2.32. The molecule has 1 aromatic heterocycles. The van der Waals surface area contributed by atoms with Crippen molar-refractivity contribution in [1.82, 2.24) is 4.98 Å². The van der Waals surface area contributed by atoms with E-state index in [0.29, 0.717) is 18.4 Å². The molecule has 1 aliphatic rings. The van der Waals surface area contributed by atoms with E-state index in [9.17, 15) is 9.59 Å². The number of hydrogen-bond donors (Lipinski definition) is 0. The minimum absolute atomic E-state index is 0.0459. The van der Waals surface area contributed by atoms with Gasteiger partial charge in [0.2, 0.25) is 5.91 Å². The SMILES string of the molecule is CC(C)CC(C)(CC(C)C)C(=O)CC(=O)N(Cc1ccc2c(c1)CCC=C2)c1ccncc1. The van der Waals surface area contributed by atoms with Crippen LogP contribution in [0.5, 0.6) is 0 Å². The molecule has 0 aliphatic heterocycles. The molecule has 0 unspecified atom stereocenters. The number of hydrogen-bond acceptors (Lipinski definition) is 3. The second kappa shape index (κ2) is 10.9. The van der Waals surface area contributed by atoms with Gasteiger partial charge in [-0.05, 0) is 66.3 Å². The average molecular weight is 447 g/mol. The Morgan fingerprint density at radius 2 is 1.70 bits per heavy atom. The van der Waals surface area contributed by atoms with E-state index in [1.165, 1.54) is 11.1 Å². The molecule has 0 saturated heterocycles. The molecule has 4 nitrogen and oxygen atoms in total. The second-order valence-electron chi connectivity index (χ2n) is 10.5. The Labute approximate surface area is 199 Å². The molecule has 0 fully saturated rings. The third-order valence-corrected chi connectivity index (χ3v) is 6.40. The average Bonchev–Trinajstić information content (AvgIpc) is 2.76. The van der Waals surface area contributed by atoms with Crippen LogP contribution in [0.25, 0.3) is 6.08 Å².